The van der Waals surface area contributed by atoms with E-state index in [1.54, 1.807) is 18.2 Å². The molecule has 2 aromatic carbocycles. The van der Waals surface area contributed by atoms with Gasteiger partial charge in [-0.1, -0.05) is 57.5 Å². The summed E-state index contributed by atoms with van der Waals surface area (Å²) < 4.78 is 7.01. The van der Waals surface area contributed by atoms with Crippen molar-refractivity contribution < 1.29 is 9.53 Å². The molecule has 0 aliphatic rings. The number of carbonyl (C=O) groups is 1. The zero-order valence-electron chi connectivity index (χ0n) is 13.7. The van der Waals surface area contributed by atoms with Gasteiger partial charge in [-0.3, -0.25) is 14.2 Å². The zero-order chi connectivity index (χ0) is 18.7. The molecule has 0 aliphatic carbocycles. The first-order valence-electron chi connectivity index (χ1n) is 7.62. The molecule has 8 heteroatoms. The summed E-state index contributed by atoms with van der Waals surface area (Å²) in [5.41, 5.74) is 1.18. The summed E-state index contributed by atoms with van der Waals surface area (Å²) in [6.07, 6.45) is 0. The number of nitrogens with zero attached hydrogens (tertiary/aromatic N) is 2. The van der Waals surface area contributed by atoms with Crippen LogP contribution in [0.1, 0.15) is 5.56 Å². The molecule has 0 atom stereocenters. The van der Waals surface area contributed by atoms with Crippen molar-refractivity contribution in [1.29, 1.82) is 0 Å². The van der Waals surface area contributed by atoms with E-state index in [4.69, 9.17) is 11.6 Å². The third-order valence-electron chi connectivity index (χ3n) is 3.71. The average Bonchev–Trinajstić information content (AvgIpc) is 2.64. The Morgan fingerprint density at radius 1 is 1.31 bits per heavy atom. The lowest BCUT2D eigenvalue weighted by molar-refractivity contribution is -0.137. The second-order valence-electron chi connectivity index (χ2n) is 5.40. The summed E-state index contributed by atoms with van der Waals surface area (Å²) in [5.74, 6) is -0.322. The molecule has 134 valence electrons. The van der Waals surface area contributed by atoms with E-state index in [1.807, 2.05) is 24.3 Å². The number of hydrogen-bond donors (Lipinski definition) is 0. The summed E-state index contributed by atoms with van der Waals surface area (Å²) in [4.78, 5) is 29.1. The number of halogens is 2. The highest BCUT2D eigenvalue weighted by atomic mass is 79.9. The molecular formula is C18H14BrClN2O3S. The number of aromatic nitrogens is 2. The molecule has 3 aromatic rings. The fourth-order valence-electron chi connectivity index (χ4n) is 2.40. The van der Waals surface area contributed by atoms with Crippen LogP contribution in [0.5, 0.6) is 0 Å². The SMILES string of the molecule is COC(=O)CSc1nc2ccc(Br)cc2c(=O)n1Cc1ccccc1Cl. The Kier molecular flexibility index (Phi) is 6.01. The van der Waals surface area contributed by atoms with Crippen LogP contribution in [-0.2, 0) is 16.1 Å². The van der Waals surface area contributed by atoms with E-state index in [-0.39, 0.29) is 23.8 Å². The largest absolute Gasteiger partial charge is 0.468 e. The van der Waals surface area contributed by atoms with Crippen LogP contribution >= 0.6 is 39.3 Å². The maximum atomic E-state index is 13.1. The van der Waals surface area contributed by atoms with Crippen LogP contribution in [0.25, 0.3) is 10.9 Å². The van der Waals surface area contributed by atoms with Crippen molar-refractivity contribution in [2.24, 2.45) is 0 Å². The van der Waals surface area contributed by atoms with Crippen molar-refractivity contribution in [2.75, 3.05) is 12.9 Å². The smallest absolute Gasteiger partial charge is 0.316 e. The van der Waals surface area contributed by atoms with Crippen LogP contribution in [-0.4, -0.2) is 28.4 Å². The lowest BCUT2D eigenvalue weighted by Crippen LogP contribution is -2.24. The first kappa shape index (κ1) is 18.9. The average molecular weight is 454 g/mol. The van der Waals surface area contributed by atoms with Crippen LogP contribution < -0.4 is 5.56 Å². The van der Waals surface area contributed by atoms with Gasteiger partial charge < -0.3 is 4.74 Å². The van der Waals surface area contributed by atoms with Gasteiger partial charge in [-0.15, -0.1) is 0 Å². The normalized spacial score (nSPS) is 10.9. The van der Waals surface area contributed by atoms with Gasteiger partial charge in [-0.2, -0.15) is 0 Å². The summed E-state index contributed by atoms with van der Waals surface area (Å²) in [5, 5.41) is 1.50. The van der Waals surface area contributed by atoms with Crippen molar-refractivity contribution in [3.05, 3.63) is 67.9 Å². The lowest BCUT2D eigenvalue weighted by Gasteiger charge is -2.14. The number of rotatable bonds is 5. The van der Waals surface area contributed by atoms with E-state index in [2.05, 4.69) is 25.7 Å². The molecule has 0 N–H and O–H groups in total. The number of hydrogen-bond acceptors (Lipinski definition) is 5. The molecule has 0 unspecified atom stereocenters. The molecule has 0 spiro atoms. The van der Waals surface area contributed by atoms with Gasteiger partial charge in [-0.05, 0) is 29.8 Å². The fourth-order valence-corrected chi connectivity index (χ4v) is 3.79. The highest BCUT2D eigenvalue weighted by Gasteiger charge is 2.15. The molecule has 0 radical (unpaired) electrons. The second kappa shape index (κ2) is 8.24. The fraction of sp³-hybridized carbons (Fsp3) is 0.167. The van der Waals surface area contributed by atoms with Gasteiger partial charge in [-0.25, -0.2) is 4.98 Å². The minimum Gasteiger partial charge on any atom is -0.468 e. The quantitative estimate of drug-likeness (QED) is 0.330. The molecule has 26 heavy (non-hydrogen) atoms. The van der Waals surface area contributed by atoms with Gasteiger partial charge >= 0.3 is 5.97 Å². The molecule has 1 aromatic heterocycles. The number of methoxy groups -OCH3 is 1. The van der Waals surface area contributed by atoms with Crippen LogP contribution in [0.15, 0.2) is 56.9 Å². The topological polar surface area (TPSA) is 61.2 Å². The third kappa shape index (κ3) is 4.11. The molecule has 5 nitrogen and oxygen atoms in total. The monoisotopic (exact) mass is 452 g/mol. The van der Waals surface area contributed by atoms with Gasteiger partial charge in [0.15, 0.2) is 5.16 Å². The number of esters is 1. The van der Waals surface area contributed by atoms with E-state index < -0.39 is 0 Å². The van der Waals surface area contributed by atoms with Crippen LogP contribution in [0, 0.1) is 0 Å². The zero-order valence-corrected chi connectivity index (χ0v) is 16.9. The maximum Gasteiger partial charge on any atom is 0.316 e. The molecule has 0 amide bonds. The maximum absolute atomic E-state index is 13.1. The minimum atomic E-state index is -0.385. The van der Waals surface area contributed by atoms with E-state index in [1.165, 1.54) is 11.7 Å². The van der Waals surface area contributed by atoms with Gasteiger partial charge in [0.05, 0.1) is 30.3 Å². The third-order valence-corrected chi connectivity index (χ3v) is 5.53. The Bertz CT molecular complexity index is 1040. The standard InChI is InChI=1S/C18H14BrClN2O3S/c1-25-16(23)10-26-18-21-15-7-6-12(19)8-13(15)17(24)22(18)9-11-4-2-3-5-14(11)20/h2-8H,9-10H2,1H3. The summed E-state index contributed by atoms with van der Waals surface area (Å²) in [6, 6.07) is 12.6. The number of ether oxygens (including phenoxy) is 1. The van der Waals surface area contributed by atoms with E-state index >= 15 is 0 Å². The van der Waals surface area contributed by atoms with Gasteiger partial charge in [0.25, 0.3) is 5.56 Å². The summed E-state index contributed by atoms with van der Waals surface area (Å²) >= 11 is 10.8. The molecule has 0 saturated carbocycles. The van der Waals surface area contributed by atoms with Crippen molar-refractivity contribution in [1.82, 2.24) is 9.55 Å². The minimum absolute atomic E-state index is 0.0630. The van der Waals surface area contributed by atoms with E-state index in [9.17, 15) is 9.59 Å². The van der Waals surface area contributed by atoms with Gasteiger partial charge in [0.2, 0.25) is 0 Å². The predicted octanol–water partition coefficient (Wildman–Crippen LogP) is 4.13. The molecule has 0 fully saturated rings. The number of benzene rings is 2. The predicted molar refractivity (Wildman–Crippen MR) is 107 cm³/mol. The van der Waals surface area contributed by atoms with Crippen LogP contribution in [0.2, 0.25) is 5.02 Å². The van der Waals surface area contributed by atoms with Gasteiger partial charge in [0.1, 0.15) is 0 Å². The van der Waals surface area contributed by atoms with Crippen molar-refractivity contribution in [3.8, 4) is 0 Å². The lowest BCUT2D eigenvalue weighted by atomic mass is 10.2. The summed E-state index contributed by atoms with van der Waals surface area (Å²) in [7, 11) is 1.32. The molecule has 0 bridgehead atoms. The molecule has 0 saturated heterocycles. The van der Waals surface area contributed by atoms with E-state index in [0.29, 0.717) is 21.1 Å². The highest BCUT2D eigenvalue weighted by Crippen LogP contribution is 2.23. The second-order valence-corrected chi connectivity index (χ2v) is 7.67. The van der Waals surface area contributed by atoms with Crippen molar-refractivity contribution in [2.45, 2.75) is 11.7 Å². The summed E-state index contributed by atoms with van der Waals surface area (Å²) in [6.45, 7) is 0.261. The Morgan fingerprint density at radius 2 is 2.08 bits per heavy atom. The number of fused-ring (bicyclic) bond motifs is 1. The Balaban J connectivity index is 2.13. The Labute approximate surface area is 167 Å². The van der Waals surface area contributed by atoms with Crippen LogP contribution in [0.4, 0.5) is 0 Å². The number of carbonyl (C=O) groups excluding carboxylic acids is 1. The first-order valence-corrected chi connectivity index (χ1v) is 9.78. The Hall–Kier alpha value is -1.83. The molecule has 3 rings (SSSR count). The van der Waals surface area contributed by atoms with Crippen molar-refractivity contribution >= 4 is 56.2 Å². The van der Waals surface area contributed by atoms with Gasteiger partial charge in [0, 0.05) is 9.50 Å². The molecule has 1 heterocycles. The van der Waals surface area contributed by atoms with Crippen molar-refractivity contribution in [3.63, 3.8) is 0 Å². The molecule has 0 aliphatic heterocycles. The highest BCUT2D eigenvalue weighted by molar-refractivity contribution is 9.10. The van der Waals surface area contributed by atoms with E-state index in [0.717, 1.165) is 21.8 Å². The number of thioether (sulfide) groups is 1. The molecular weight excluding hydrogens is 440 g/mol. The van der Waals surface area contributed by atoms with Crippen LogP contribution in [0.3, 0.4) is 0 Å². The Morgan fingerprint density at radius 3 is 2.81 bits per heavy atom. The first-order chi connectivity index (χ1) is 12.5.